The fourth-order valence-electron chi connectivity index (χ4n) is 1.65. The second-order valence-corrected chi connectivity index (χ2v) is 3.80. The van der Waals surface area contributed by atoms with Crippen LogP contribution < -0.4 is 0 Å². The topological polar surface area (TPSA) is 30.7 Å². The number of pyridine rings is 1. The van der Waals surface area contributed by atoms with Crippen molar-refractivity contribution in [3.63, 3.8) is 0 Å². The van der Waals surface area contributed by atoms with Gasteiger partial charge in [0, 0.05) is 18.6 Å². The van der Waals surface area contributed by atoms with Gasteiger partial charge in [0.15, 0.2) is 11.6 Å². The molecule has 0 unspecified atom stereocenters. The Morgan fingerprint density at radius 2 is 2.27 bits per heavy atom. The first-order valence-corrected chi connectivity index (χ1v) is 5.00. The predicted octanol–water partition coefficient (Wildman–Crippen LogP) is 2.28. The van der Waals surface area contributed by atoms with Gasteiger partial charge in [-0.3, -0.25) is 0 Å². The molecule has 0 amide bonds. The van der Waals surface area contributed by atoms with Crippen molar-refractivity contribution in [2.75, 3.05) is 0 Å². The van der Waals surface area contributed by atoms with Gasteiger partial charge in [-0.05, 0) is 36.5 Å². The van der Waals surface area contributed by atoms with Gasteiger partial charge >= 0.3 is 0 Å². The van der Waals surface area contributed by atoms with E-state index in [4.69, 9.17) is 0 Å². The predicted molar refractivity (Wildman–Crippen MR) is 53.3 cm³/mol. The van der Waals surface area contributed by atoms with E-state index >= 15 is 0 Å². The zero-order valence-electron chi connectivity index (χ0n) is 8.10. The van der Waals surface area contributed by atoms with E-state index in [-0.39, 0.29) is 11.6 Å². The summed E-state index contributed by atoms with van der Waals surface area (Å²) in [6.07, 6.45) is 7.35. The van der Waals surface area contributed by atoms with Crippen LogP contribution in [0.25, 0.3) is 5.82 Å². The molecule has 3 rings (SSSR count). The second kappa shape index (κ2) is 3.15. The minimum Gasteiger partial charge on any atom is -0.234 e. The maximum absolute atomic E-state index is 13.7. The van der Waals surface area contributed by atoms with Crippen LogP contribution in [0, 0.1) is 5.82 Å². The summed E-state index contributed by atoms with van der Waals surface area (Å²) in [4.78, 5) is 4.11. The first-order chi connectivity index (χ1) is 7.34. The van der Waals surface area contributed by atoms with E-state index in [1.54, 1.807) is 30.7 Å². The molecule has 1 aliphatic rings. The normalized spacial score (nSPS) is 15.5. The minimum atomic E-state index is -0.303. The zero-order chi connectivity index (χ0) is 10.3. The van der Waals surface area contributed by atoms with Crippen LogP contribution >= 0.6 is 0 Å². The molecular formula is C11H10FN3. The summed E-state index contributed by atoms with van der Waals surface area (Å²) in [5.41, 5.74) is 1.00. The third kappa shape index (κ3) is 1.52. The van der Waals surface area contributed by atoms with Crippen molar-refractivity contribution in [3.8, 4) is 5.82 Å². The van der Waals surface area contributed by atoms with Crippen molar-refractivity contribution in [2.45, 2.75) is 18.8 Å². The molecule has 76 valence electrons. The number of rotatable bonds is 2. The molecule has 4 heteroatoms. The Bertz CT molecular complexity index is 475. The van der Waals surface area contributed by atoms with Crippen LogP contribution in [-0.4, -0.2) is 14.8 Å². The molecule has 1 fully saturated rings. The molecule has 2 aromatic heterocycles. The molecule has 2 heterocycles. The molecule has 0 saturated heterocycles. The molecule has 1 saturated carbocycles. The van der Waals surface area contributed by atoms with Crippen LogP contribution in [-0.2, 0) is 0 Å². The zero-order valence-corrected chi connectivity index (χ0v) is 8.10. The first-order valence-electron chi connectivity index (χ1n) is 5.00. The Morgan fingerprint density at radius 3 is 2.87 bits per heavy atom. The van der Waals surface area contributed by atoms with Crippen molar-refractivity contribution in [1.29, 1.82) is 0 Å². The number of hydrogen-bond donors (Lipinski definition) is 0. The van der Waals surface area contributed by atoms with E-state index in [2.05, 4.69) is 10.1 Å². The molecule has 0 N–H and O–H groups in total. The summed E-state index contributed by atoms with van der Waals surface area (Å²) in [6, 6.07) is 3.32. The molecule has 15 heavy (non-hydrogen) atoms. The van der Waals surface area contributed by atoms with Crippen molar-refractivity contribution in [3.05, 3.63) is 42.1 Å². The van der Waals surface area contributed by atoms with Gasteiger partial charge in [0.2, 0.25) is 0 Å². The van der Waals surface area contributed by atoms with Gasteiger partial charge in [0.05, 0.1) is 0 Å². The van der Waals surface area contributed by atoms with E-state index < -0.39 is 0 Å². The highest BCUT2D eigenvalue weighted by Crippen LogP contribution is 2.40. The molecule has 0 aliphatic heterocycles. The second-order valence-electron chi connectivity index (χ2n) is 3.80. The lowest BCUT2D eigenvalue weighted by atomic mass is 10.2. The monoisotopic (exact) mass is 203 g/mol. The summed E-state index contributed by atoms with van der Waals surface area (Å²) in [5, 5.41) is 3.95. The first kappa shape index (κ1) is 8.59. The van der Waals surface area contributed by atoms with Crippen LogP contribution in [0.5, 0.6) is 0 Å². The molecule has 2 aromatic rings. The molecule has 0 bridgehead atoms. The van der Waals surface area contributed by atoms with Crippen molar-refractivity contribution < 1.29 is 4.39 Å². The van der Waals surface area contributed by atoms with E-state index in [1.165, 1.54) is 4.68 Å². The quantitative estimate of drug-likeness (QED) is 0.749. The average Bonchev–Trinajstić information content (AvgIpc) is 2.95. The smallest absolute Gasteiger partial charge is 0.189 e. The van der Waals surface area contributed by atoms with Crippen LogP contribution in [0.15, 0.2) is 30.7 Å². The maximum Gasteiger partial charge on any atom is 0.189 e. The van der Waals surface area contributed by atoms with Gasteiger partial charge in [-0.1, -0.05) is 0 Å². The van der Waals surface area contributed by atoms with Gasteiger partial charge in [-0.15, -0.1) is 0 Å². The Kier molecular flexibility index (Phi) is 1.80. The van der Waals surface area contributed by atoms with Crippen molar-refractivity contribution >= 4 is 0 Å². The summed E-state index contributed by atoms with van der Waals surface area (Å²) in [7, 11) is 0. The molecule has 0 atom stereocenters. The molecule has 0 radical (unpaired) electrons. The van der Waals surface area contributed by atoms with Crippen LogP contribution in [0.2, 0.25) is 0 Å². The molecule has 0 aromatic carbocycles. The summed E-state index contributed by atoms with van der Waals surface area (Å²) >= 11 is 0. The standard InChI is InChI=1S/C11H10FN3/c12-10-6-9(8-2-3-8)7-13-11(10)15-5-1-4-14-15/h1,4-8H,2-3H2. The highest BCUT2D eigenvalue weighted by molar-refractivity contribution is 5.30. The lowest BCUT2D eigenvalue weighted by molar-refractivity contribution is 0.598. The minimum absolute atomic E-state index is 0.268. The summed E-state index contributed by atoms with van der Waals surface area (Å²) in [5.74, 6) is 0.492. The van der Waals surface area contributed by atoms with Crippen molar-refractivity contribution in [2.24, 2.45) is 0 Å². The van der Waals surface area contributed by atoms with E-state index in [0.29, 0.717) is 5.92 Å². The van der Waals surface area contributed by atoms with E-state index in [0.717, 1.165) is 18.4 Å². The number of hydrogen-bond acceptors (Lipinski definition) is 2. The maximum atomic E-state index is 13.7. The lowest BCUT2D eigenvalue weighted by Crippen LogP contribution is -2.02. The highest BCUT2D eigenvalue weighted by atomic mass is 19.1. The molecular weight excluding hydrogens is 193 g/mol. The van der Waals surface area contributed by atoms with Gasteiger partial charge < -0.3 is 0 Å². The molecule has 0 spiro atoms. The largest absolute Gasteiger partial charge is 0.234 e. The fraction of sp³-hybridized carbons (Fsp3) is 0.273. The fourth-order valence-corrected chi connectivity index (χ4v) is 1.65. The summed E-state index contributed by atoms with van der Waals surface area (Å²) < 4.78 is 15.1. The van der Waals surface area contributed by atoms with Crippen LogP contribution in [0.1, 0.15) is 24.3 Å². The van der Waals surface area contributed by atoms with E-state index in [1.807, 2.05) is 0 Å². The summed E-state index contributed by atoms with van der Waals surface area (Å²) in [6.45, 7) is 0. The number of aromatic nitrogens is 3. The molecule has 3 nitrogen and oxygen atoms in total. The third-order valence-electron chi connectivity index (χ3n) is 2.61. The highest BCUT2D eigenvalue weighted by Gasteiger charge is 2.24. The average molecular weight is 203 g/mol. The Hall–Kier alpha value is -1.71. The Morgan fingerprint density at radius 1 is 1.40 bits per heavy atom. The van der Waals surface area contributed by atoms with Gasteiger partial charge in [0.1, 0.15) is 0 Å². The van der Waals surface area contributed by atoms with Gasteiger partial charge in [-0.2, -0.15) is 5.10 Å². The van der Waals surface area contributed by atoms with Gasteiger partial charge in [0.25, 0.3) is 0 Å². The SMILES string of the molecule is Fc1cc(C2CC2)cnc1-n1cccn1. The van der Waals surface area contributed by atoms with E-state index in [9.17, 15) is 4.39 Å². The Labute approximate surface area is 86.6 Å². The molecule has 1 aliphatic carbocycles. The van der Waals surface area contributed by atoms with Crippen LogP contribution in [0.3, 0.4) is 0 Å². The van der Waals surface area contributed by atoms with Crippen molar-refractivity contribution in [1.82, 2.24) is 14.8 Å². The Balaban J connectivity index is 2.02. The number of nitrogens with zero attached hydrogens (tertiary/aromatic N) is 3. The van der Waals surface area contributed by atoms with Gasteiger partial charge in [-0.25, -0.2) is 14.1 Å². The lowest BCUT2D eigenvalue weighted by Gasteiger charge is -2.03. The third-order valence-corrected chi connectivity index (χ3v) is 2.61. The number of halogens is 1. The van der Waals surface area contributed by atoms with Crippen LogP contribution in [0.4, 0.5) is 4.39 Å².